The molecule has 0 aliphatic carbocycles. The number of ether oxygens (including phenoxy) is 1. The van der Waals surface area contributed by atoms with Gasteiger partial charge in [-0.25, -0.2) is 9.18 Å². The number of likely N-dealkylation sites (N-methyl/N-ethyl adjacent to an activating group) is 1. The first-order valence-corrected chi connectivity index (χ1v) is 13.8. The molecule has 0 bridgehead atoms. The molecule has 42 heavy (non-hydrogen) atoms. The standard InChI is InChI=1S/C29H36ClFN6O5/c1-17(2)13-22-26-19(20(31)15-32-22)14-18(33-26)16-37-24(30)12-11-21(28(37)40)34-27(39)23(42-29(41)36(5)6)9-7-8-10-25(38)35(3)4/h8,10-12,14-15,17,23,33H,7,9,13,16H2,1-6H3,(H,34,39). The van der Waals surface area contributed by atoms with E-state index in [2.05, 4.69) is 15.3 Å². The summed E-state index contributed by atoms with van der Waals surface area (Å²) in [6.45, 7) is 4.05. The number of aromatic nitrogens is 3. The maximum Gasteiger partial charge on any atom is 0.410 e. The number of carbonyl (C=O) groups excluding carboxylic acids is 3. The molecule has 3 aromatic heterocycles. The fourth-order valence-corrected chi connectivity index (χ4v) is 4.25. The Morgan fingerprint density at radius 2 is 1.90 bits per heavy atom. The third-order valence-corrected chi connectivity index (χ3v) is 6.59. The highest BCUT2D eigenvalue weighted by Gasteiger charge is 2.25. The molecule has 0 aliphatic rings. The van der Waals surface area contributed by atoms with Crippen LogP contribution in [0.25, 0.3) is 10.9 Å². The van der Waals surface area contributed by atoms with Crippen molar-refractivity contribution < 1.29 is 23.5 Å². The molecular weight excluding hydrogens is 567 g/mol. The van der Waals surface area contributed by atoms with Gasteiger partial charge in [0.05, 0.1) is 24.0 Å². The second-order valence-corrected chi connectivity index (χ2v) is 11.1. The number of hydrogen-bond donors (Lipinski definition) is 2. The van der Waals surface area contributed by atoms with Crippen LogP contribution in [-0.4, -0.2) is 76.5 Å². The Morgan fingerprint density at radius 3 is 2.55 bits per heavy atom. The van der Waals surface area contributed by atoms with Gasteiger partial charge in [0, 0.05) is 39.3 Å². The highest BCUT2D eigenvalue weighted by molar-refractivity contribution is 6.29. The Morgan fingerprint density at radius 1 is 1.19 bits per heavy atom. The molecule has 3 aromatic rings. The van der Waals surface area contributed by atoms with Crippen molar-refractivity contribution in [3.8, 4) is 0 Å². The van der Waals surface area contributed by atoms with E-state index in [9.17, 15) is 23.6 Å². The zero-order valence-corrected chi connectivity index (χ0v) is 25.3. The molecule has 0 saturated carbocycles. The van der Waals surface area contributed by atoms with Crippen molar-refractivity contribution in [3.05, 3.63) is 69.3 Å². The molecule has 3 rings (SSSR count). The number of H-pyrrole nitrogens is 1. The molecule has 0 aliphatic heterocycles. The van der Waals surface area contributed by atoms with E-state index in [0.29, 0.717) is 34.6 Å². The summed E-state index contributed by atoms with van der Waals surface area (Å²) in [6, 6.07) is 4.41. The number of nitrogens with zero attached hydrogens (tertiary/aromatic N) is 4. The molecule has 0 spiro atoms. The number of carbonyl (C=O) groups is 3. The van der Waals surface area contributed by atoms with Gasteiger partial charge in [-0.05, 0) is 49.5 Å². The lowest BCUT2D eigenvalue weighted by Gasteiger charge is -2.20. The van der Waals surface area contributed by atoms with Gasteiger partial charge in [0.15, 0.2) is 11.9 Å². The lowest BCUT2D eigenvalue weighted by atomic mass is 10.1. The van der Waals surface area contributed by atoms with Crippen molar-refractivity contribution in [1.82, 2.24) is 24.3 Å². The quantitative estimate of drug-likeness (QED) is 0.250. The molecule has 2 N–H and O–H groups in total. The van der Waals surface area contributed by atoms with Crippen molar-refractivity contribution in [3.63, 3.8) is 0 Å². The van der Waals surface area contributed by atoms with Gasteiger partial charge >= 0.3 is 6.09 Å². The summed E-state index contributed by atoms with van der Waals surface area (Å²) in [5, 5.41) is 2.99. The highest BCUT2D eigenvalue weighted by Crippen LogP contribution is 2.24. The van der Waals surface area contributed by atoms with Crippen LogP contribution in [-0.2, 0) is 27.3 Å². The minimum absolute atomic E-state index is 0.0274. The number of rotatable bonds is 11. The van der Waals surface area contributed by atoms with E-state index >= 15 is 0 Å². The molecule has 13 heteroatoms. The first kappa shape index (κ1) is 32.3. The van der Waals surface area contributed by atoms with E-state index in [1.165, 1.54) is 52.9 Å². The minimum atomic E-state index is -1.24. The van der Waals surface area contributed by atoms with Gasteiger partial charge in [-0.1, -0.05) is 31.5 Å². The summed E-state index contributed by atoms with van der Waals surface area (Å²) in [5.41, 5.74) is 1.10. The van der Waals surface area contributed by atoms with E-state index in [1.807, 2.05) is 13.8 Å². The minimum Gasteiger partial charge on any atom is -0.436 e. The SMILES string of the molecule is CC(C)Cc1ncc(F)c2cc(Cn3c(Cl)ccc(NC(=O)C(CCC=CC(=O)N(C)C)OC(=O)N(C)C)c3=O)[nH]c12. The summed E-state index contributed by atoms with van der Waals surface area (Å²) in [6.07, 6.45) is 3.10. The number of halogens is 2. The molecule has 226 valence electrons. The lowest BCUT2D eigenvalue weighted by Crippen LogP contribution is -2.37. The van der Waals surface area contributed by atoms with Crippen molar-refractivity contribution in [2.75, 3.05) is 33.5 Å². The number of aromatic amines is 1. The van der Waals surface area contributed by atoms with Gasteiger partial charge in [-0.3, -0.25) is 23.9 Å². The van der Waals surface area contributed by atoms with E-state index in [4.69, 9.17) is 16.3 Å². The number of amides is 3. The van der Waals surface area contributed by atoms with Crippen LogP contribution in [0.3, 0.4) is 0 Å². The monoisotopic (exact) mass is 602 g/mol. The molecule has 0 fully saturated rings. The van der Waals surface area contributed by atoms with Crippen LogP contribution in [0.4, 0.5) is 14.9 Å². The predicted molar refractivity (Wildman–Crippen MR) is 159 cm³/mol. The van der Waals surface area contributed by atoms with Crippen LogP contribution >= 0.6 is 11.6 Å². The van der Waals surface area contributed by atoms with E-state index in [0.717, 1.165) is 0 Å². The molecular formula is C29H36ClFN6O5. The topological polar surface area (TPSA) is 130 Å². The molecule has 3 amide bonds. The number of anilines is 1. The zero-order valence-electron chi connectivity index (χ0n) is 24.5. The van der Waals surface area contributed by atoms with Crippen molar-refractivity contribution in [2.45, 2.75) is 45.8 Å². The molecule has 3 heterocycles. The van der Waals surface area contributed by atoms with Crippen molar-refractivity contribution in [2.24, 2.45) is 5.92 Å². The Hall–Kier alpha value is -4.19. The molecule has 11 nitrogen and oxygen atoms in total. The summed E-state index contributed by atoms with van der Waals surface area (Å²) in [5.74, 6) is -1.14. The largest absolute Gasteiger partial charge is 0.436 e. The summed E-state index contributed by atoms with van der Waals surface area (Å²) in [4.78, 5) is 60.5. The summed E-state index contributed by atoms with van der Waals surface area (Å²) >= 11 is 6.35. The first-order chi connectivity index (χ1) is 19.8. The highest BCUT2D eigenvalue weighted by atomic mass is 35.5. The third-order valence-electron chi connectivity index (χ3n) is 6.26. The Bertz CT molecular complexity index is 1550. The molecule has 1 atom stereocenters. The maximum atomic E-state index is 14.5. The van der Waals surface area contributed by atoms with Crippen LogP contribution in [0.1, 0.15) is 38.1 Å². The van der Waals surface area contributed by atoms with E-state index in [1.54, 1.807) is 26.2 Å². The van der Waals surface area contributed by atoms with Crippen LogP contribution in [0.2, 0.25) is 5.15 Å². The fourth-order valence-electron chi connectivity index (χ4n) is 4.05. The normalized spacial score (nSPS) is 12.1. The Kier molecular flexibility index (Phi) is 10.9. The van der Waals surface area contributed by atoms with Crippen LogP contribution < -0.4 is 10.9 Å². The number of fused-ring (bicyclic) bond motifs is 1. The third kappa shape index (κ3) is 8.19. The molecule has 0 saturated heterocycles. The van der Waals surface area contributed by atoms with Crippen molar-refractivity contribution in [1.29, 1.82) is 0 Å². The average molecular weight is 603 g/mol. The van der Waals surface area contributed by atoms with Crippen molar-refractivity contribution >= 4 is 46.1 Å². The molecule has 0 aromatic carbocycles. The van der Waals surface area contributed by atoms with Gasteiger partial charge in [-0.15, -0.1) is 0 Å². The lowest BCUT2D eigenvalue weighted by molar-refractivity contribution is -0.125. The van der Waals surface area contributed by atoms with E-state index in [-0.39, 0.29) is 36.1 Å². The molecule has 0 radical (unpaired) electrons. The maximum absolute atomic E-state index is 14.5. The second-order valence-electron chi connectivity index (χ2n) is 10.7. The summed E-state index contributed by atoms with van der Waals surface area (Å²) < 4.78 is 21.1. The predicted octanol–water partition coefficient (Wildman–Crippen LogP) is 4.19. The van der Waals surface area contributed by atoms with Crippen LogP contribution in [0.5, 0.6) is 0 Å². The average Bonchev–Trinajstić information content (AvgIpc) is 3.36. The summed E-state index contributed by atoms with van der Waals surface area (Å²) in [7, 11) is 6.17. The van der Waals surface area contributed by atoms with Gasteiger partial charge in [0.25, 0.3) is 11.5 Å². The number of pyridine rings is 2. The smallest absolute Gasteiger partial charge is 0.410 e. The van der Waals surface area contributed by atoms with Gasteiger partial charge in [0.2, 0.25) is 5.91 Å². The number of hydrogen-bond acceptors (Lipinski definition) is 6. The number of nitrogens with one attached hydrogen (secondary N) is 2. The van der Waals surface area contributed by atoms with Gasteiger partial charge < -0.3 is 24.8 Å². The Labute approximate surface area is 248 Å². The van der Waals surface area contributed by atoms with Crippen LogP contribution in [0, 0.1) is 11.7 Å². The van der Waals surface area contributed by atoms with Crippen LogP contribution in [0.15, 0.2) is 41.3 Å². The Balaban J connectivity index is 1.85. The zero-order chi connectivity index (χ0) is 31.1. The van der Waals surface area contributed by atoms with E-state index < -0.39 is 29.5 Å². The number of allylic oxidation sites excluding steroid dienone is 1. The molecule has 1 unspecified atom stereocenters. The second kappa shape index (κ2) is 14.1. The first-order valence-electron chi connectivity index (χ1n) is 13.4. The van der Waals surface area contributed by atoms with Gasteiger partial charge in [-0.2, -0.15) is 0 Å². The van der Waals surface area contributed by atoms with Gasteiger partial charge in [0.1, 0.15) is 10.8 Å². The fraction of sp³-hybridized carbons (Fsp3) is 0.414.